The van der Waals surface area contributed by atoms with Crippen LogP contribution in [-0.2, 0) is 11.2 Å². The summed E-state index contributed by atoms with van der Waals surface area (Å²) in [5.41, 5.74) is 0. The van der Waals surface area contributed by atoms with Gasteiger partial charge < -0.3 is 19.8 Å². The number of aromatic nitrogens is 2. The van der Waals surface area contributed by atoms with Gasteiger partial charge in [0.05, 0.1) is 0 Å². The fourth-order valence-electron chi connectivity index (χ4n) is 2.09. The number of urea groups is 1. The minimum Gasteiger partial charge on any atom is -0.480 e. The van der Waals surface area contributed by atoms with Crippen LogP contribution in [0.15, 0.2) is 4.52 Å². The number of aliphatic carboxylic acids is 1. The average Bonchev–Trinajstić information content (AvgIpc) is 2.97. The van der Waals surface area contributed by atoms with Crippen LogP contribution < -0.4 is 5.32 Å². The van der Waals surface area contributed by atoms with Gasteiger partial charge in [0.1, 0.15) is 6.04 Å². The minimum atomic E-state index is -0.958. The highest BCUT2D eigenvalue weighted by molar-refractivity contribution is 5.83. The molecule has 0 radical (unpaired) electrons. The first-order chi connectivity index (χ1) is 9.08. The molecule has 2 amide bonds. The second-order valence-electron chi connectivity index (χ2n) is 4.41. The topological polar surface area (TPSA) is 109 Å². The molecule has 2 N–H and O–H groups in total. The molecule has 1 aromatic heterocycles. The molecule has 8 heteroatoms. The number of likely N-dealkylation sites (tertiary alicyclic amines) is 1. The number of hydrogen-bond donors (Lipinski definition) is 2. The molecule has 1 saturated heterocycles. The molecule has 0 aliphatic carbocycles. The van der Waals surface area contributed by atoms with Gasteiger partial charge in [-0.1, -0.05) is 5.16 Å². The number of nitrogens with zero attached hydrogens (tertiary/aromatic N) is 3. The number of carboxylic acid groups (broad SMARTS) is 1. The predicted molar refractivity (Wildman–Crippen MR) is 63.5 cm³/mol. The van der Waals surface area contributed by atoms with Crippen LogP contribution in [0.1, 0.15) is 24.6 Å². The molecule has 0 aromatic carbocycles. The quantitative estimate of drug-likeness (QED) is 0.806. The monoisotopic (exact) mass is 268 g/mol. The van der Waals surface area contributed by atoms with Crippen LogP contribution in [0.2, 0.25) is 0 Å². The van der Waals surface area contributed by atoms with E-state index in [1.54, 1.807) is 6.92 Å². The molecule has 19 heavy (non-hydrogen) atoms. The first-order valence-corrected chi connectivity index (χ1v) is 6.14. The fraction of sp³-hybridized carbons (Fsp3) is 0.636. The molecule has 1 aliphatic heterocycles. The Bertz CT molecular complexity index is 473. The molecule has 1 atom stereocenters. The Hall–Kier alpha value is -2.12. The van der Waals surface area contributed by atoms with E-state index in [0.29, 0.717) is 44.1 Å². The second kappa shape index (κ2) is 5.68. The lowest BCUT2D eigenvalue weighted by Gasteiger charge is -2.21. The zero-order valence-electron chi connectivity index (χ0n) is 10.6. The lowest BCUT2D eigenvalue weighted by atomic mass is 10.2. The van der Waals surface area contributed by atoms with Crippen molar-refractivity contribution in [2.24, 2.45) is 0 Å². The van der Waals surface area contributed by atoms with E-state index in [9.17, 15) is 9.59 Å². The van der Waals surface area contributed by atoms with Crippen molar-refractivity contribution in [1.29, 1.82) is 0 Å². The van der Waals surface area contributed by atoms with E-state index in [1.165, 1.54) is 4.90 Å². The smallest absolute Gasteiger partial charge is 0.326 e. The molecule has 1 aromatic rings. The minimum absolute atomic E-state index is 0.337. The second-order valence-corrected chi connectivity index (χ2v) is 4.41. The summed E-state index contributed by atoms with van der Waals surface area (Å²) in [6.07, 6.45) is 1.65. The molecule has 8 nitrogen and oxygen atoms in total. The highest BCUT2D eigenvalue weighted by Crippen LogP contribution is 2.17. The number of rotatable bonds is 4. The third-order valence-electron chi connectivity index (χ3n) is 2.98. The van der Waals surface area contributed by atoms with Gasteiger partial charge in [0.15, 0.2) is 5.82 Å². The largest absolute Gasteiger partial charge is 0.480 e. The molecule has 1 aliphatic rings. The summed E-state index contributed by atoms with van der Waals surface area (Å²) in [6.45, 7) is 2.53. The van der Waals surface area contributed by atoms with E-state index >= 15 is 0 Å². The number of hydrogen-bond acceptors (Lipinski definition) is 5. The Balaban J connectivity index is 1.79. The predicted octanol–water partition coefficient (Wildman–Crippen LogP) is 0.179. The van der Waals surface area contributed by atoms with E-state index in [0.717, 1.165) is 0 Å². The summed E-state index contributed by atoms with van der Waals surface area (Å²) in [6, 6.07) is -1.08. The van der Waals surface area contributed by atoms with Crippen molar-refractivity contribution in [3.05, 3.63) is 11.7 Å². The molecule has 0 saturated carbocycles. The summed E-state index contributed by atoms with van der Waals surface area (Å²) in [7, 11) is 0. The molecule has 1 fully saturated rings. The molecule has 0 bridgehead atoms. The maximum Gasteiger partial charge on any atom is 0.326 e. The van der Waals surface area contributed by atoms with Crippen molar-refractivity contribution in [2.45, 2.75) is 32.2 Å². The van der Waals surface area contributed by atoms with Crippen LogP contribution in [0.25, 0.3) is 0 Å². The highest BCUT2D eigenvalue weighted by atomic mass is 16.5. The van der Waals surface area contributed by atoms with Crippen molar-refractivity contribution in [1.82, 2.24) is 20.4 Å². The molecule has 1 unspecified atom stereocenters. The lowest BCUT2D eigenvalue weighted by molar-refractivity contribution is -0.141. The van der Waals surface area contributed by atoms with E-state index in [1.807, 2.05) is 0 Å². The Morgan fingerprint density at radius 3 is 3.00 bits per heavy atom. The summed E-state index contributed by atoms with van der Waals surface area (Å²) in [5.74, 6) is 0.0426. The van der Waals surface area contributed by atoms with Crippen LogP contribution >= 0.6 is 0 Å². The summed E-state index contributed by atoms with van der Waals surface area (Å²) in [4.78, 5) is 28.2. The fourth-order valence-corrected chi connectivity index (χ4v) is 2.09. The number of carbonyl (C=O) groups is 2. The van der Waals surface area contributed by atoms with Gasteiger partial charge in [-0.15, -0.1) is 0 Å². The van der Waals surface area contributed by atoms with Crippen LogP contribution in [0, 0.1) is 6.92 Å². The van der Waals surface area contributed by atoms with Gasteiger partial charge in [-0.05, 0) is 19.8 Å². The Morgan fingerprint density at radius 2 is 2.37 bits per heavy atom. The molecular weight excluding hydrogens is 252 g/mol. The Labute approximate surface area is 109 Å². The Morgan fingerprint density at radius 1 is 1.58 bits per heavy atom. The molecular formula is C11H16N4O4. The molecule has 2 heterocycles. The van der Waals surface area contributed by atoms with Gasteiger partial charge in [0.2, 0.25) is 5.89 Å². The summed E-state index contributed by atoms with van der Waals surface area (Å²) >= 11 is 0. The average molecular weight is 268 g/mol. The van der Waals surface area contributed by atoms with Gasteiger partial charge >= 0.3 is 12.0 Å². The summed E-state index contributed by atoms with van der Waals surface area (Å²) < 4.78 is 4.91. The van der Waals surface area contributed by atoms with E-state index in [4.69, 9.17) is 9.63 Å². The molecule has 2 rings (SSSR count). The number of nitrogens with one attached hydrogen (secondary N) is 1. The Kier molecular flexibility index (Phi) is 3.98. The van der Waals surface area contributed by atoms with Gasteiger partial charge in [0.25, 0.3) is 0 Å². The van der Waals surface area contributed by atoms with Crippen LogP contribution in [0.3, 0.4) is 0 Å². The SMILES string of the molecule is Cc1noc(CCNC(=O)N2CCCC2C(=O)O)n1. The zero-order valence-corrected chi connectivity index (χ0v) is 10.6. The van der Waals surface area contributed by atoms with Crippen molar-refractivity contribution < 1.29 is 19.2 Å². The van der Waals surface area contributed by atoms with Crippen LogP contribution in [0.4, 0.5) is 4.79 Å². The summed E-state index contributed by atoms with van der Waals surface area (Å²) in [5, 5.41) is 15.3. The first kappa shape index (κ1) is 13.3. The van der Waals surface area contributed by atoms with Crippen molar-refractivity contribution >= 4 is 12.0 Å². The van der Waals surface area contributed by atoms with E-state index in [2.05, 4.69) is 15.5 Å². The third kappa shape index (κ3) is 3.21. The third-order valence-corrected chi connectivity index (χ3v) is 2.98. The van der Waals surface area contributed by atoms with E-state index in [-0.39, 0.29) is 6.03 Å². The standard InChI is InChI=1S/C11H16N4O4/c1-7-13-9(19-14-7)4-5-12-11(18)15-6-2-3-8(15)10(16)17/h8H,2-6H2,1H3,(H,12,18)(H,16,17). The van der Waals surface area contributed by atoms with Crippen molar-refractivity contribution in [3.63, 3.8) is 0 Å². The maximum absolute atomic E-state index is 11.8. The number of aryl methyl sites for hydroxylation is 1. The van der Waals surface area contributed by atoms with Crippen LogP contribution in [0.5, 0.6) is 0 Å². The lowest BCUT2D eigenvalue weighted by Crippen LogP contribution is -2.46. The van der Waals surface area contributed by atoms with Gasteiger partial charge in [-0.2, -0.15) is 4.98 Å². The maximum atomic E-state index is 11.8. The van der Waals surface area contributed by atoms with Crippen LogP contribution in [-0.4, -0.2) is 51.3 Å². The first-order valence-electron chi connectivity index (χ1n) is 6.14. The van der Waals surface area contributed by atoms with Gasteiger partial charge in [-0.3, -0.25) is 0 Å². The van der Waals surface area contributed by atoms with Crippen molar-refractivity contribution in [3.8, 4) is 0 Å². The zero-order chi connectivity index (χ0) is 13.8. The normalized spacial score (nSPS) is 18.6. The number of amides is 2. The number of carboxylic acids is 1. The molecule has 104 valence electrons. The van der Waals surface area contributed by atoms with E-state index < -0.39 is 12.0 Å². The van der Waals surface area contributed by atoms with Gasteiger partial charge in [0, 0.05) is 19.5 Å². The van der Waals surface area contributed by atoms with Gasteiger partial charge in [-0.25, -0.2) is 9.59 Å². The highest BCUT2D eigenvalue weighted by Gasteiger charge is 2.33. The number of carbonyl (C=O) groups excluding carboxylic acids is 1. The van der Waals surface area contributed by atoms with Crippen molar-refractivity contribution in [2.75, 3.05) is 13.1 Å². The molecule has 0 spiro atoms.